The van der Waals surface area contributed by atoms with Crippen LogP contribution in [-0.2, 0) is 19.1 Å². The lowest BCUT2D eigenvalue weighted by Gasteiger charge is -2.15. The maximum Gasteiger partial charge on any atom is 0.306 e. The first-order chi connectivity index (χ1) is 39.6. The van der Waals surface area contributed by atoms with Gasteiger partial charge in [-0.1, -0.05) is 329 Å². The van der Waals surface area contributed by atoms with E-state index in [0.29, 0.717) is 12.8 Å². The fourth-order valence-corrected chi connectivity index (χ4v) is 9.92. The average Bonchev–Trinajstić information content (AvgIpc) is 3.46. The molecular weight excluding hydrogens is 981 g/mol. The second kappa shape index (κ2) is 69.8. The van der Waals surface area contributed by atoms with Gasteiger partial charge in [-0.3, -0.25) is 9.59 Å². The quantitative estimate of drug-likeness (QED) is 0.0373. The van der Waals surface area contributed by atoms with Gasteiger partial charge in [0.2, 0.25) is 0 Å². The minimum Gasteiger partial charge on any atom is -0.462 e. The third kappa shape index (κ3) is 67.1. The first kappa shape index (κ1) is 76.6. The maximum absolute atomic E-state index is 12.4. The summed E-state index contributed by atoms with van der Waals surface area (Å²) in [6.07, 6.45) is 101. The second-order valence-corrected chi connectivity index (χ2v) is 22.9. The highest BCUT2D eigenvalue weighted by molar-refractivity contribution is 5.70. The minimum atomic E-state index is -0.781. The third-order valence-electron chi connectivity index (χ3n) is 15.1. The van der Waals surface area contributed by atoms with E-state index in [9.17, 15) is 14.7 Å². The van der Waals surface area contributed by atoms with Gasteiger partial charge in [0.15, 0.2) is 6.10 Å². The molecule has 0 bridgehead atoms. The summed E-state index contributed by atoms with van der Waals surface area (Å²) >= 11 is 0. The highest BCUT2D eigenvalue weighted by Crippen LogP contribution is 2.17. The molecule has 0 spiro atoms. The molecule has 0 aromatic carbocycles. The van der Waals surface area contributed by atoms with Gasteiger partial charge in [-0.05, 0) is 103 Å². The van der Waals surface area contributed by atoms with Crippen LogP contribution in [0.2, 0.25) is 0 Å². The van der Waals surface area contributed by atoms with E-state index in [-0.39, 0.29) is 25.2 Å². The Morgan fingerprint density at radius 3 is 0.825 bits per heavy atom. The zero-order valence-corrected chi connectivity index (χ0v) is 52.8. The lowest BCUT2D eigenvalue weighted by molar-refractivity contribution is -0.161. The van der Waals surface area contributed by atoms with E-state index in [1.165, 1.54) is 218 Å². The monoisotopic (exact) mass is 1110 g/mol. The van der Waals surface area contributed by atoms with Gasteiger partial charge in [-0.15, -0.1) is 0 Å². The fourth-order valence-electron chi connectivity index (χ4n) is 9.92. The Balaban J connectivity index is 3.49. The zero-order chi connectivity index (χ0) is 57.6. The lowest BCUT2D eigenvalue weighted by Crippen LogP contribution is -2.28. The van der Waals surface area contributed by atoms with Crippen LogP contribution < -0.4 is 0 Å². The van der Waals surface area contributed by atoms with Crippen molar-refractivity contribution in [3.8, 4) is 0 Å². The highest BCUT2D eigenvalue weighted by Gasteiger charge is 2.16. The number of ether oxygens (including phenoxy) is 2. The number of aliphatic hydroxyl groups excluding tert-OH is 1. The minimum absolute atomic E-state index is 0.0692. The van der Waals surface area contributed by atoms with E-state index in [2.05, 4.69) is 123 Å². The number of aliphatic hydroxyl groups is 1. The number of rotatable bonds is 63. The van der Waals surface area contributed by atoms with E-state index < -0.39 is 6.10 Å². The van der Waals surface area contributed by atoms with E-state index >= 15 is 0 Å². The molecule has 460 valence electrons. The number of hydrogen-bond donors (Lipinski definition) is 1. The highest BCUT2D eigenvalue weighted by atomic mass is 16.6. The average molecular weight is 1110 g/mol. The van der Waals surface area contributed by atoms with Crippen LogP contribution in [-0.4, -0.2) is 36.4 Å². The molecule has 0 saturated carbocycles. The molecule has 0 radical (unpaired) electrons. The van der Waals surface area contributed by atoms with Crippen LogP contribution in [0.5, 0.6) is 0 Å². The molecule has 0 saturated heterocycles. The number of hydrogen-bond acceptors (Lipinski definition) is 5. The molecule has 0 aliphatic carbocycles. The van der Waals surface area contributed by atoms with Crippen molar-refractivity contribution in [3.63, 3.8) is 0 Å². The molecule has 0 rings (SSSR count). The molecule has 0 aliphatic heterocycles. The van der Waals surface area contributed by atoms with Crippen LogP contribution in [0.25, 0.3) is 0 Å². The SMILES string of the molecule is CC/C=C\C/C=C\C/C=C\C/C=C\C/C=C\C/C=C\C/C=C\C/C=C\CCCCCCCCCCCCC(=O)OC(CO)COC(=O)CCCCCCCCCCCCCCCCCCCCC/C=C\CCCCCCCCCC. The molecule has 5 heteroatoms. The van der Waals surface area contributed by atoms with E-state index in [0.717, 1.165) is 89.9 Å². The molecule has 0 aromatic heterocycles. The summed E-state index contributed by atoms with van der Waals surface area (Å²) in [5.74, 6) is -0.587. The molecule has 1 N–H and O–H groups in total. The second-order valence-electron chi connectivity index (χ2n) is 22.9. The van der Waals surface area contributed by atoms with Crippen LogP contribution in [0.4, 0.5) is 0 Å². The summed E-state index contributed by atoms with van der Waals surface area (Å²) in [5, 5.41) is 9.70. The molecule has 5 nitrogen and oxygen atoms in total. The van der Waals surface area contributed by atoms with E-state index in [1.54, 1.807) is 0 Å². The third-order valence-corrected chi connectivity index (χ3v) is 15.1. The first-order valence-corrected chi connectivity index (χ1v) is 34.4. The lowest BCUT2D eigenvalue weighted by atomic mass is 10.0. The summed E-state index contributed by atoms with van der Waals surface area (Å²) in [4.78, 5) is 24.6. The van der Waals surface area contributed by atoms with Crippen molar-refractivity contribution in [2.45, 2.75) is 341 Å². The molecule has 0 amide bonds. The first-order valence-electron chi connectivity index (χ1n) is 34.4. The van der Waals surface area contributed by atoms with Crippen molar-refractivity contribution in [1.82, 2.24) is 0 Å². The van der Waals surface area contributed by atoms with Crippen LogP contribution in [0.3, 0.4) is 0 Å². The van der Waals surface area contributed by atoms with E-state index in [4.69, 9.17) is 9.47 Å². The standard InChI is InChI=1S/C75H130O5/c1-3-5-7-9-11-13-15-17-19-21-23-25-27-29-31-33-35-36-37-38-40-42-44-46-48-50-52-54-56-58-60-62-64-66-68-70-75(78)80-73(71-76)72-79-74(77)69-67-65-63-61-59-57-55-53-51-49-47-45-43-41-39-34-32-30-28-26-24-22-20-18-16-14-12-10-8-6-4-2/h5,7,11,13,17,19,22-25,29,31,35-36,38,40,44,46,73,76H,3-4,6,8-10,12,14-16,18,20-21,26-28,30,32-34,37,39,41-43,45,47-72H2,1-2H3/b7-5-,13-11-,19-17-,24-22-,25-23-,31-29-,36-35-,40-38-,46-44-. The molecule has 0 fully saturated rings. The Hall–Kier alpha value is -3.44. The van der Waals surface area contributed by atoms with Gasteiger partial charge in [-0.25, -0.2) is 0 Å². The largest absolute Gasteiger partial charge is 0.462 e. The van der Waals surface area contributed by atoms with Crippen molar-refractivity contribution < 1.29 is 24.2 Å². The van der Waals surface area contributed by atoms with Gasteiger partial charge >= 0.3 is 11.9 Å². The predicted octanol–water partition coefficient (Wildman–Crippen LogP) is 24.0. The van der Waals surface area contributed by atoms with Crippen molar-refractivity contribution in [3.05, 3.63) is 109 Å². The number of allylic oxidation sites excluding steroid dienone is 18. The van der Waals surface area contributed by atoms with Crippen molar-refractivity contribution in [2.75, 3.05) is 13.2 Å². The van der Waals surface area contributed by atoms with Gasteiger partial charge in [0.25, 0.3) is 0 Å². The summed E-state index contributed by atoms with van der Waals surface area (Å²) in [6, 6.07) is 0. The van der Waals surface area contributed by atoms with Gasteiger partial charge in [0, 0.05) is 12.8 Å². The van der Waals surface area contributed by atoms with Crippen molar-refractivity contribution in [2.24, 2.45) is 0 Å². The predicted molar refractivity (Wildman–Crippen MR) is 352 cm³/mol. The summed E-state index contributed by atoms with van der Waals surface area (Å²) in [7, 11) is 0. The van der Waals surface area contributed by atoms with Gasteiger partial charge < -0.3 is 14.6 Å². The molecule has 80 heavy (non-hydrogen) atoms. The zero-order valence-electron chi connectivity index (χ0n) is 52.8. The van der Waals surface area contributed by atoms with Gasteiger partial charge in [0.05, 0.1) is 6.61 Å². The topological polar surface area (TPSA) is 72.8 Å². The van der Waals surface area contributed by atoms with Gasteiger partial charge in [0.1, 0.15) is 6.61 Å². The normalized spacial score (nSPS) is 12.9. The Kier molecular flexibility index (Phi) is 66.8. The number of unbranched alkanes of at least 4 members (excludes halogenated alkanes) is 37. The van der Waals surface area contributed by atoms with Crippen LogP contribution in [0.15, 0.2) is 109 Å². The van der Waals surface area contributed by atoms with E-state index in [1.807, 2.05) is 0 Å². The molecule has 0 aromatic rings. The number of carbonyl (C=O) groups is 2. The molecular formula is C75H130O5. The summed E-state index contributed by atoms with van der Waals surface area (Å²) in [5.41, 5.74) is 0. The molecule has 0 heterocycles. The Labute approximate surface area is 497 Å². The van der Waals surface area contributed by atoms with Crippen molar-refractivity contribution in [1.29, 1.82) is 0 Å². The summed E-state index contributed by atoms with van der Waals surface area (Å²) in [6.45, 7) is 4.06. The van der Waals surface area contributed by atoms with Crippen LogP contribution >= 0.6 is 0 Å². The Bertz CT molecular complexity index is 1540. The fraction of sp³-hybridized carbons (Fsp3) is 0.733. The maximum atomic E-state index is 12.4. The molecule has 1 unspecified atom stereocenters. The van der Waals surface area contributed by atoms with Crippen LogP contribution in [0, 0.1) is 0 Å². The number of carbonyl (C=O) groups excluding carboxylic acids is 2. The number of esters is 2. The molecule has 1 atom stereocenters. The Morgan fingerprint density at radius 1 is 0.300 bits per heavy atom. The van der Waals surface area contributed by atoms with Crippen LogP contribution in [0.1, 0.15) is 335 Å². The summed E-state index contributed by atoms with van der Waals surface area (Å²) < 4.78 is 10.8. The van der Waals surface area contributed by atoms with Gasteiger partial charge in [-0.2, -0.15) is 0 Å². The smallest absolute Gasteiger partial charge is 0.306 e. The molecule has 0 aliphatic rings. The Morgan fingerprint density at radius 2 is 0.537 bits per heavy atom. The van der Waals surface area contributed by atoms with Crippen molar-refractivity contribution >= 4 is 11.9 Å².